The van der Waals surface area contributed by atoms with Crippen LogP contribution in [-0.4, -0.2) is 46.9 Å². The number of rotatable bonds is 7. The molecule has 1 aromatic carbocycles. The maximum absolute atomic E-state index is 12.2. The maximum Gasteiger partial charge on any atom is 0.242 e. The van der Waals surface area contributed by atoms with E-state index in [2.05, 4.69) is 13.5 Å². The minimum absolute atomic E-state index is 0.00313. The number of sulfonamides is 1. The van der Waals surface area contributed by atoms with Gasteiger partial charge in [-0.05, 0) is 30.6 Å². The Balaban J connectivity index is 2.12. The van der Waals surface area contributed by atoms with Crippen LogP contribution in [0.4, 0.5) is 0 Å². The summed E-state index contributed by atoms with van der Waals surface area (Å²) in [5, 5.41) is 9.70. The third kappa shape index (κ3) is 3.67. The molecule has 0 amide bonds. The van der Waals surface area contributed by atoms with Crippen LogP contribution >= 0.6 is 23.5 Å². The molecule has 0 radical (unpaired) electrons. The summed E-state index contributed by atoms with van der Waals surface area (Å²) >= 11 is 2.58. The van der Waals surface area contributed by atoms with E-state index in [0.29, 0.717) is 17.5 Å². The highest BCUT2D eigenvalue weighted by Gasteiger charge is 2.20. The Morgan fingerprint density at radius 2 is 2.25 bits per heavy atom. The van der Waals surface area contributed by atoms with Crippen molar-refractivity contribution in [3.8, 4) is 0 Å². The molecule has 2 rings (SSSR count). The summed E-state index contributed by atoms with van der Waals surface area (Å²) < 4.78 is 34.9. The molecular weight excluding hydrogens is 318 g/mol. The van der Waals surface area contributed by atoms with Gasteiger partial charge < -0.3 is 5.11 Å². The zero-order chi connectivity index (χ0) is 14.6. The molecule has 1 heterocycles. The van der Waals surface area contributed by atoms with Gasteiger partial charge in [-0.1, -0.05) is 6.07 Å². The Kier molecular flexibility index (Phi) is 5.33. The van der Waals surface area contributed by atoms with Crippen LogP contribution in [0, 0.1) is 0 Å². The van der Waals surface area contributed by atoms with E-state index in [1.54, 1.807) is 23.9 Å². The number of nitrogens with zero attached hydrogens (tertiary/aromatic N) is 2. The van der Waals surface area contributed by atoms with Crippen molar-refractivity contribution in [1.82, 2.24) is 13.5 Å². The zero-order valence-electron chi connectivity index (χ0n) is 10.8. The van der Waals surface area contributed by atoms with E-state index in [1.165, 1.54) is 6.07 Å². The van der Waals surface area contributed by atoms with Crippen LogP contribution in [0.15, 0.2) is 23.1 Å². The van der Waals surface area contributed by atoms with E-state index in [-0.39, 0.29) is 11.4 Å². The van der Waals surface area contributed by atoms with Gasteiger partial charge in [0, 0.05) is 6.54 Å². The van der Waals surface area contributed by atoms with Crippen LogP contribution < -0.4 is 4.72 Å². The second-order valence-electron chi connectivity index (χ2n) is 4.18. The third-order valence-corrected chi connectivity index (χ3v) is 5.34. The smallest absolute Gasteiger partial charge is 0.242 e. The number of aromatic nitrogens is 2. The number of thioether (sulfide) groups is 1. The monoisotopic (exact) mass is 333 g/mol. The average Bonchev–Trinajstić information content (AvgIpc) is 2.91. The van der Waals surface area contributed by atoms with Crippen LogP contribution in [0.3, 0.4) is 0 Å². The Morgan fingerprint density at radius 3 is 3.00 bits per heavy atom. The van der Waals surface area contributed by atoms with E-state index in [0.717, 1.165) is 17.5 Å². The summed E-state index contributed by atoms with van der Waals surface area (Å²) in [6, 6.07) is 4.83. The number of hydrogen-bond acceptors (Lipinski definition) is 7. The van der Waals surface area contributed by atoms with Crippen LogP contribution in [-0.2, 0) is 10.0 Å². The predicted molar refractivity (Wildman–Crippen MR) is 81.6 cm³/mol. The van der Waals surface area contributed by atoms with E-state index in [9.17, 15) is 13.5 Å². The lowest BCUT2D eigenvalue weighted by Gasteiger charge is -2.11. The van der Waals surface area contributed by atoms with E-state index < -0.39 is 16.1 Å². The summed E-state index contributed by atoms with van der Waals surface area (Å²) in [4.78, 5) is 0.0980. The van der Waals surface area contributed by atoms with Crippen molar-refractivity contribution in [3.05, 3.63) is 18.2 Å². The van der Waals surface area contributed by atoms with Crippen LogP contribution in [0.25, 0.3) is 11.0 Å². The normalized spacial score (nSPS) is 13.7. The Bertz CT molecular complexity index is 672. The fraction of sp³-hybridized carbons (Fsp3) is 0.455. The van der Waals surface area contributed by atoms with Crippen molar-refractivity contribution in [1.29, 1.82) is 0 Å². The van der Waals surface area contributed by atoms with Gasteiger partial charge in [-0.25, -0.2) is 13.1 Å². The lowest BCUT2D eigenvalue weighted by Crippen LogP contribution is -2.32. The topological polar surface area (TPSA) is 92.2 Å². The number of aliphatic hydroxyl groups is 1. The molecule has 110 valence electrons. The molecule has 20 heavy (non-hydrogen) atoms. The Labute approximate surface area is 126 Å². The molecule has 0 spiro atoms. The van der Waals surface area contributed by atoms with Crippen LogP contribution in [0.5, 0.6) is 0 Å². The second-order valence-corrected chi connectivity index (χ2v) is 7.42. The first-order chi connectivity index (χ1) is 9.54. The Morgan fingerprint density at radius 1 is 1.45 bits per heavy atom. The van der Waals surface area contributed by atoms with Crippen molar-refractivity contribution < 1.29 is 13.5 Å². The maximum atomic E-state index is 12.2. The highest BCUT2D eigenvalue weighted by atomic mass is 32.2. The molecule has 6 nitrogen and oxygen atoms in total. The summed E-state index contributed by atoms with van der Waals surface area (Å²) in [6.45, 7) is -0.00313. The first-order valence-electron chi connectivity index (χ1n) is 5.92. The lowest BCUT2D eigenvalue weighted by molar-refractivity contribution is 0.175. The average molecular weight is 333 g/mol. The number of hydrogen-bond donors (Lipinski definition) is 2. The van der Waals surface area contributed by atoms with Gasteiger partial charge in [0.1, 0.15) is 15.9 Å². The molecule has 1 atom stereocenters. The summed E-state index contributed by atoms with van der Waals surface area (Å²) in [5.74, 6) is 0.786. The van der Waals surface area contributed by atoms with Crippen molar-refractivity contribution in [2.75, 3.05) is 18.6 Å². The molecule has 0 saturated heterocycles. The molecular formula is C11H15N3O3S3. The molecule has 2 N–H and O–H groups in total. The van der Waals surface area contributed by atoms with Gasteiger partial charge in [0.25, 0.3) is 0 Å². The summed E-state index contributed by atoms with van der Waals surface area (Å²) in [7, 11) is -3.69. The van der Waals surface area contributed by atoms with Gasteiger partial charge in [0.2, 0.25) is 10.0 Å². The predicted octanol–water partition coefficient (Wildman–Crippen LogP) is 1.08. The minimum Gasteiger partial charge on any atom is -0.392 e. The quantitative estimate of drug-likeness (QED) is 0.788. The molecule has 0 aliphatic heterocycles. The van der Waals surface area contributed by atoms with Gasteiger partial charge in [-0.3, -0.25) is 0 Å². The van der Waals surface area contributed by atoms with E-state index in [1.807, 2.05) is 6.26 Å². The van der Waals surface area contributed by atoms with Crippen molar-refractivity contribution in [2.24, 2.45) is 0 Å². The fourth-order valence-electron chi connectivity index (χ4n) is 1.64. The summed E-state index contributed by atoms with van der Waals surface area (Å²) in [6.07, 6.45) is 1.80. The molecule has 9 heteroatoms. The molecule has 0 bridgehead atoms. The first kappa shape index (κ1) is 15.6. The molecule has 2 aromatic rings. The SMILES string of the molecule is CSCCC(O)CNS(=O)(=O)c1cccc2nsnc12. The number of nitrogens with one attached hydrogen (secondary N) is 1. The second kappa shape index (κ2) is 6.81. The molecule has 0 aliphatic rings. The fourth-order valence-corrected chi connectivity index (χ4v) is 3.98. The van der Waals surface area contributed by atoms with Crippen LogP contribution in [0.1, 0.15) is 6.42 Å². The van der Waals surface area contributed by atoms with Gasteiger partial charge in [-0.2, -0.15) is 20.5 Å². The molecule has 0 saturated carbocycles. The minimum atomic E-state index is -3.69. The third-order valence-electron chi connectivity index (χ3n) is 2.70. The van der Waals surface area contributed by atoms with E-state index in [4.69, 9.17) is 0 Å². The summed E-state index contributed by atoms with van der Waals surface area (Å²) in [5.41, 5.74) is 0.921. The lowest BCUT2D eigenvalue weighted by atomic mass is 10.3. The first-order valence-corrected chi connectivity index (χ1v) is 9.53. The van der Waals surface area contributed by atoms with Crippen LogP contribution in [0.2, 0.25) is 0 Å². The van der Waals surface area contributed by atoms with Gasteiger partial charge in [0.05, 0.1) is 17.8 Å². The molecule has 0 aliphatic carbocycles. The zero-order valence-corrected chi connectivity index (χ0v) is 13.3. The van der Waals surface area contributed by atoms with Gasteiger partial charge >= 0.3 is 0 Å². The van der Waals surface area contributed by atoms with Gasteiger partial charge in [-0.15, -0.1) is 0 Å². The van der Waals surface area contributed by atoms with Crippen molar-refractivity contribution in [2.45, 2.75) is 17.4 Å². The highest BCUT2D eigenvalue weighted by Crippen LogP contribution is 2.20. The van der Waals surface area contributed by atoms with Gasteiger partial charge in [0.15, 0.2) is 0 Å². The van der Waals surface area contributed by atoms with E-state index >= 15 is 0 Å². The van der Waals surface area contributed by atoms with Crippen molar-refractivity contribution >= 4 is 44.5 Å². The molecule has 1 unspecified atom stereocenters. The highest BCUT2D eigenvalue weighted by molar-refractivity contribution is 7.98. The van der Waals surface area contributed by atoms with Crippen molar-refractivity contribution in [3.63, 3.8) is 0 Å². The standard InChI is InChI=1S/C11H15N3O3S3/c1-18-6-5-8(15)7-12-20(16,17)10-4-2-3-9-11(10)14-19-13-9/h2-4,8,12,15H,5-7H2,1H3. The molecule has 0 fully saturated rings. The number of benzene rings is 1. The number of fused-ring (bicyclic) bond motifs is 1. The number of aliphatic hydroxyl groups excluding tert-OH is 1. The molecule has 1 aromatic heterocycles. The Hall–Kier alpha value is -0.740. The largest absolute Gasteiger partial charge is 0.392 e.